The van der Waals surface area contributed by atoms with Crippen molar-refractivity contribution in [3.05, 3.63) is 194 Å². The molecule has 0 radical (unpaired) electrons. The summed E-state index contributed by atoms with van der Waals surface area (Å²) in [7, 11) is 0. The second-order valence-corrected chi connectivity index (χ2v) is 14.7. The van der Waals surface area contributed by atoms with Crippen LogP contribution >= 0.6 is 0 Å². The standard InChI is InChI=1S/C53H32N4O/c1-4-15-33(16-5-1)42-31-38(57-43-29-27-34-17-10-12-23-39(34)47(43)48-40-24-13-11-18-35(40)28-30-44(48)57)32-46-50(42)49-41(25-14-26-45(49)58-46)53-55-51(36-19-6-2-7-20-36)54-52(56-53)37-21-8-3-9-22-37/h1-32H. The molecule has 0 N–H and O–H groups in total. The van der Waals surface area contributed by atoms with Crippen molar-refractivity contribution in [2.45, 2.75) is 0 Å². The van der Waals surface area contributed by atoms with Gasteiger partial charge in [0.15, 0.2) is 17.5 Å². The number of hydrogen-bond donors (Lipinski definition) is 0. The normalized spacial score (nSPS) is 11.8. The van der Waals surface area contributed by atoms with Crippen LogP contribution in [0.5, 0.6) is 0 Å². The molecule has 0 saturated heterocycles. The molecular weight excluding hydrogens is 709 g/mol. The maximum atomic E-state index is 6.93. The second-order valence-electron chi connectivity index (χ2n) is 14.7. The predicted octanol–water partition coefficient (Wildman–Crippen LogP) is 13.8. The third-order valence-corrected chi connectivity index (χ3v) is 11.4. The number of hydrogen-bond acceptors (Lipinski definition) is 4. The van der Waals surface area contributed by atoms with Crippen molar-refractivity contribution in [1.29, 1.82) is 0 Å². The lowest BCUT2D eigenvalue weighted by molar-refractivity contribution is 0.669. The Morgan fingerprint density at radius 3 is 1.43 bits per heavy atom. The Balaban J connectivity index is 1.17. The molecular formula is C53H32N4O. The van der Waals surface area contributed by atoms with Gasteiger partial charge in [-0.05, 0) is 56.9 Å². The van der Waals surface area contributed by atoms with E-state index in [1.165, 1.54) is 32.3 Å². The maximum absolute atomic E-state index is 6.93. The van der Waals surface area contributed by atoms with E-state index in [1.54, 1.807) is 0 Å². The first-order chi connectivity index (χ1) is 28.8. The average Bonchev–Trinajstić information content (AvgIpc) is 3.86. The van der Waals surface area contributed by atoms with E-state index in [-0.39, 0.29) is 0 Å². The third kappa shape index (κ3) is 5.00. The lowest BCUT2D eigenvalue weighted by Gasteiger charge is -2.13. The van der Waals surface area contributed by atoms with E-state index in [0.29, 0.717) is 17.5 Å². The summed E-state index contributed by atoms with van der Waals surface area (Å²) in [5, 5.41) is 9.38. The largest absolute Gasteiger partial charge is 0.456 e. The van der Waals surface area contributed by atoms with Crippen LogP contribution in [0.3, 0.4) is 0 Å². The van der Waals surface area contributed by atoms with Crippen LogP contribution in [0.1, 0.15) is 0 Å². The molecule has 0 aliphatic carbocycles. The lowest BCUT2D eigenvalue weighted by atomic mass is 9.96. The fraction of sp³-hybridized carbons (Fsp3) is 0. The fourth-order valence-corrected chi connectivity index (χ4v) is 8.85. The zero-order chi connectivity index (χ0) is 38.2. The second kappa shape index (κ2) is 12.8. The Morgan fingerprint density at radius 2 is 0.845 bits per heavy atom. The zero-order valence-corrected chi connectivity index (χ0v) is 31.2. The van der Waals surface area contributed by atoms with Gasteiger partial charge in [-0.25, -0.2) is 15.0 Å². The smallest absolute Gasteiger partial charge is 0.164 e. The number of fused-ring (bicyclic) bond motifs is 10. The van der Waals surface area contributed by atoms with Gasteiger partial charge in [0.05, 0.1) is 16.7 Å². The van der Waals surface area contributed by atoms with Crippen LogP contribution in [-0.2, 0) is 0 Å². The van der Waals surface area contributed by atoms with Gasteiger partial charge < -0.3 is 8.98 Å². The van der Waals surface area contributed by atoms with E-state index < -0.39 is 0 Å². The van der Waals surface area contributed by atoms with E-state index >= 15 is 0 Å². The predicted molar refractivity (Wildman–Crippen MR) is 238 cm³/mol. The van der Waals surface area contributed by atoms with E-state index in [1.807, 2.05) is 72.8 Å². The Bertz CT molecular complexity index is 3400. The molecule has 3 aromatic heterocycles. The van der Waals surface area contributed by atoms with E-state index in [4.69, 9.17) is 19.4 Å². The summed E-state index contributed by atoms with van der Waals surface area (Å²) in [5.74, 6) is 1.82. The minimum Gasteiger partial charge on any atom is -0.456 e. The van der Waals surface area contributed by atoms with Crippen LogP contribution in [0, 0.1) is 0 Å². The fourth-order valence-electron chi connectivity index (χ4n) is 8.85. The van der Waals surface area contributed by atoms with Gasteiger partial charge in [-0.1, -0.05) is 164 Å². The van der Waals surface area contributed by atoms with Crippen molar-refractivity contribution in [2.75, 3.05) is 0 Å². The summed E-state index contributed by atoms with van der Waals surface area (Å²) in [4.78, 5) is 15.3. The molecule has 270 valence electrons. The van der Waals surface area contributed by atoms with E-state index in [0.717, 1.165) is 66.5 Å². The van der Waals surface area contributed by atoms with Crippen LogP contribution < -0.4 is 0 Å². The van der Waals surface area contributed by atoms with Crippen LogP contribution in [0.4, 0.5) is 0 Å². The summed E-state index contributed by atoms with van der Waals surface area (Å²) in [6.07, 6.45) is 0. The Kier molecular flexibility index (Phi) is 7.16. The molecule has 58 heavy (non-hydrogen) atoms. The number of nitrogens with zero attached hydrogens (tertiary/aromatic N) is 4. The zero-order valence-electron chi connectivity index (χ0n) is 31.2. The van der Waals surface area contributed by atoms with Crippen LogP contribution in [0.15, 0.2) is 199 Å². The van der Waals surface area contributed by atoms with E-state index in [9.17, 15) is 0 Å². The molecule has 3 heterocycles. The van der Waals surface area contributed by atoms with Crippen LogP contribution in [0.25, 0.3) is 116 Å². The van der Waals surface area contributed by atoms with Gasteiger partial charge >= 0.3 is 0 Å². The highest BCUT2D eigenvalue weighted by Gasteiger charge is 2.23. The van der Waals surface area contributed by atoms with Gasteiger partial charge in [-0.15, -0.1) is 0 Å². The topological polar surface area (TPSA) is 56.7 Å². The molecule has 12 aromatic rings. The number of rotatable bonds is 5. The molecule has 5 heteroatoms. The SMILES string of the molecule is c1ccc(-c2nc(-c3ccccc3)nc(-c3cccc4oc5cc(-n6c7ccc8ccccc8c7c7c8ccccc8ccc76)cc(-c6ccccc6)c5c34)n2)cc1. The molecule has 0 bridgehead atoms. The minimum atomic E-state index is 0.588. The quantitative estimate of drug-likeness (QED) is 0.176. The van der Waals surface area contributed by atoms with E-state index in [2.05, 4.69) is 126 Å². The molecule has 0 atom stereocenters. The molecule has 0 saturated carbocycles. The maximum Gasteiger partial charge on any atom is 0.164 e. The van der Waals surface area contributed by atoms with Gasteiger partial charge in [-0.3, -0.25) is 0 Å². The Hall–Kier alpha value is -7.89. The number of furan rings is 1. The first-order valence-corrected chi connectivity index (χ1v) is 19.5. The molecule has 0 spiro atoms. The highest BCUT2D eigenvalue weighted by Crippen LogP contribution is 2.45. The molecule has 5 nitrogen and oxygen atoms in total. The highest BCUT2D eigenvalue weighted by molar-refractivity contribution is 6.28. The number of benzene rings is 9. The highest BCUT2D eigenvalue weighted by atomic mass is 16.3. The summed E-state index contributed by atoms with van der Waals surface area (Å²) in [6.45, 7) is 0. The first kappa shape index (κ1) is 32.4. The Labute approximate surface area is 333 Å². The first-order valence-electron chi connectivity index (χ1n) is 19.5. The van der Waals surface area contributed by atoms with Gasteiger partial charge in [0.25, 0.3) is 0 Å². The van der Waals surface area contributed by atoms with Crippen molar-refractivity contribution in [3.8, 4) is 51.0 Å². The molecule has 0 unspecified atom stereocenters. The van der Waals surface area contributed by atoms with Gasteiger partial charge in [0.1, 0.15) is 11.2 Å². The van der Waals surface area contributed by atoms with Gasteiger partial charge in [0.2, 0.25) is 0 Å². The van der Waals surface area contributed by atoms with Crippen LogP contribution in [0.2, 0.25) is 0 Å². The van der Waals surface area contributed by atoms with Crippen molar-refractivity contribution in [2.24, 2.45) is 0 Å². The summed E-state index contributed by atoms with van der Waals surface area (Å²) in [5.41, 5.74) is 9.76. The summed E-state index contributed by atoms with van der Waals surface area (Å²) < 4.78 is 9.34. The lowest BCUT2D eigenvalue weighted by Crippen LogP contribution is -2.00. The molecule has 0 aliphatic heterocycles. The van der Waals surface area contributed by atoms with Crippen LogP contribution in [-0.4, -0.2) is 19.5 Å². The summed E-state index contributed by atoms with van der Waals surface area (Å²) in [6, 6.07) is 67.9. The van der Waals surface area contributed by atoms with Crippen molar-refractivity contribution < 1.29 is 4.42 Å². The molecule has 12 rings (SSSR count). The molecule has 0 fully saturated rings. The van der Waals surface area contributed by atoms with Crippen molar-refractivity contribution in [1.82, 2.24) is 19.5 Å². The van der Waals surface area contributed by atoms with Crippen molar-refractivity contribution >= 4 is 65.3 Å². The molecule has 0 aliphatic rings. The monoisotopic (exact) mass is 740 g/mol. The molecule has 0 amide bonds. The third-order valence-electron chi connectivity index (χ3n) is 11.4. The van der Waals surface area contributed by atoms with Gasteiger partial charge in [0, 0.05) is 44.3 Å². The number of aromatic nitrogens is 4. The minimum absolute atomic E-state index is 0.588. The van der Waals surface area contributed by atoms with Gasteiger partial charge in [-0.2, -0.15) is 0 Å². The Morgan fingerprint density at radius 1 is 0.345 bits per heavy atom. The average molecular weight is 741 g/mol. The molecule has 9 aromatic carbocycles. The van der Waals surface area contributed by atoms with Crippen molar-refractivity contribution in [3.63, 3.8) is 0 Å². The summed E-state index contributed by atoms with van der Waals surface area (Å²) >= 11 is 0.